The molecule has 19 heavy (non-hydrogen) atoms. The zero-order valence-electron chi connectivity index (χ0n) is 11.9. The molecule has 1 aliphatic carbocycles. The van der Waals surface area contributed by atoms with Crippen molar-refractivity contribution in [1.29, 1.82) is 0 Å². The summed E-state index contributed by atoms with van der Waals surface area (Å²) in [6.07, 6.45) is 5.21. The summed E-state index contributed by atoms with van der Waals surface area (Å²) in [6, 6.07) is 5.61. The van der Waals surface area contributed by atoms with E-state index >= 15 is 0 Å². The molecule has 3 heteroatoms. The van der Waals surface area contributed by atoms with Crippen molar-refractivity contribution in [2.75, 3.05) is 0 Å². The molecule has 3 nitrogen and oxygen atoms in total. The van der Waals surface area contributed by atoms with E-state index < -0.39 is 0 Å². The number of aromatic hydroxyl groups is 2. The first-order valence-electron chi connectivity index (χ1n) is 7.32. The summed E-state index contributed by atoms with van der Waals surface area (Å²) in [7, 11) is 0. The second-order valence-electron chi connectivity index (χ2n) is 6.00. The van der Waals surface area contributed by atoms with Crippen LogP contribution < -0.4 is 5.32 Å². The Morgan fingerprint density at radius 1 is 1.16 bits per heavy atom. The van der Waals surface area contributed by atoms with Crippen molar-refractivity contribution in [2.24, 2.45) is 11.8 Å². The molecule has 2 atom stereocenters. The Labute approximate surface area is 115 Å². The summed E-state index contributed by atoms with van der Waals surface area (Å²) >= 11 is 0. The molecule has 3 N–H and O–H groups in total. The van der Waals surface area contributed by atoms with E-state index in [1.54, 1.807) is 12.1 Å². The van der Waals surface area contributed by atoms with Gasteiger partial charge < -0.3 is 15.5 Å². The fraction of sp³-hybridized carbons (Fsp3) is 0.625. The second kappa shape index (κ2) is 6.29. The Morgan fingerprint density at radius 3 is 2.58 bits per heavy atom. The molecule has 0 saturated heterocycles. The van der Waals surface area contributed by atoms with E-state index in [2.05, 4.69) is 19.2 Å². The minimum absolute atomic E-state index is 0.0386. The molecule has 0 heterocycles. The van der Waals surface area contributed by atoms with Gasteiger partial charge in [0.25, 0.3) is 0 Å². The average molecular weight is 263 g/mol. The van der Waals surface area contributed by atoms with Crippen LogP contribution in [-0.2, 0) is 6.54 Å². The first kappa shape index (κ1) is 14.2. The third-order valence-electron chi connectivity index (χ3n) is 4.28. The van der Waals surface area contributed by atoms with Gasteiger partial charge in [0.05, 0.1) is 0 Å². The third-order valence-corrected chi connectivity index (χ3v) is 4.28. The molecule has 0 radical (unpaired) electrons. The van der Waals surface area contributed by atoms with Gasteiger partial charge in [0, 0.05) is 12.6 Å². The van der Waals surface area contributed by atoms with E-state index in [1.165, 1.54) is 25.7 Å². The zero-order chi connectivity index (χ0) is 13.8. The summed E-state index contributed by atoms with van der Waals surface area (Å²) < 4.78 is 0. The smallest absolute Gasteiger partial charge is 0.157 e. The minimum Gasteiger partial charge on any atom is -0.504 e. The van der Waals surface area contributed by atoms with Crippen LogP contribution in [0, 0.1) is 11.8 Å². The van der Waals surface area contributed by atoms with Gasteiger partial charge in [-0.2, -0.15) is 0 Å². The molecule has 0 bridgehead atoms. The maximum absolute atomic E-state index is 9.50. The molecule has 1 aromatic rings. The van der Waals surface area contributed by atoms with E-state index in [1.807, 2.05) is 6.07 Å². The predicted octanol–water partition coefficient (Wildman–Crippen LogP) is 3.40. The summed E-state index contributed by atoms with van der Waals surface area (Å²) in [5, 5.41) is 22.4. The molecule has 0 amide bonds. The van der Waals surface area contributed by atoms with Crippen molar-refractivity contribution in [2.45, 2.75) is 52.1 Å². The van der Waals surface area contributed by atoms with Gasteiger partial charge in [0.1, 0.15) is 0 Å². The SMILES string of the molecule is CC(C)C1CCCCC1NCc1ccc(O)c(O)c1. The van der Waals surface area contributed by atoms with Crippen LogP contribution >= 0.6 is 0 Å². The van der Waals surface area contributed by atoms with E-state index in [0.717, 1.165) is 18.0 Å². The number of phenolic OH excluding ortho intramolecular Hbond substituents is 2. The lowest BCUT2D eigenvalue weighted by atomic mass is 9.78. The lowest BCUT2D eigenvalue weighted by Crippen LogP contribution is -2.40. The quantitative estimate of drug-likeness (QED) is 0.730. The highest BCUT2D eigenvalue weighted by atomic mass is 16.3. The zero-order valence-corrected chi connectivity index (χ0v) is 11.9. The van der Waals surface area contributed by atoms with Crippen molar-refractivity contribution in [1.82, 2.24) is 5.32 Å². The number of hydrogen-bond acceptors (Lipinski definition) is 3. The first-order chi connectivity index (χ1) is 9.08. The minimum atomic E-state index is -0.0542. The van der Waals surface area contributed by atoms with E-state index in [9.17, 15) is 10.2 Å². The lowest BCUT2D eigenvalue weighted by Gasteiger charge is -2.35. The largest absolute Gasteiger partial charge is 0.504 e. The molecule has 1 fully saturated rings. The van der Waals surface area contributed by atoms with Gasteiger partial charge in [-0.3, -0.25) is 0 Å². The molecule has 0 spiro atoms. The first-order valence-corrected chi connectivity index (χ1v) is 7.32. The van der Waals surface area contributed by atoms with Crippen LogP contribution in [0.3, 0.4) is 0 Å². The Bertz CT molecular complexity index is 417. The van der Waals surface area contributed by atoms with E-state index in [-0.39, 0.29) is 11.5 Å². The maximum Gasteiger partial charge on any atom is 0.157 e. The second-order valence-corrected chi connectivity index (χ2v) is 6.00. The van der Waals surface area contributed by atoms with Crippen molar-refractivity contribution in [3.8, 4) is 11.5 Å². The summed E-state index contributed by atoms with van der Waals surface area (Å²) in [5.41, 5.74) is 1.02. The number of nitrogens with one attached hydrogen (secondary N) is 1. The standard InChI is InChI=1S/C16H25NO2/c1-11(2)13-5-3-4-6-14(13)17-10-12-7-8-15(18)16(19)9-12/h7-9,11,13-14,17-19H,3-6,10H2,1-2H3. The van der Waals surface area contributed by atoms with Crippen LogP contribution in [0.2, 0.25) is 0 Å². The molecule has 2 unspecified atom stereocenters. The molecule has 1 saturated carbocycles. The average Bonchev–Trinajstić information content (AvgIpc) is 2.40. The number of phenols is 2. The number of benzene rings is 1. The van der Waals surface area contributed by atoms with Crippen LogP contribution in [0.1, 0.15) is 45.1 Å². The molecule has 0 aliphatic heterocycles. The van der Waals surface area contributed by atoms with Gasteiger partial charge in [0.2, 0.25) is 0 Å². The van der Waals surface area contributed by atoms with Crippen molar-refractivity contribution in [3.05, 3.63) is 23.8 Å². The highest BCUT2D eigenvalue weighted by Gasteiger charge is 2.26. The van der Waals surface area contributed by atoms with Gasteiger partial charge >= 0.3 is 0 Å². The van der Waals surface area contributed by atoms with Crippen LogP contribution in [0.25, 0.3) is 0 Å². The number of rotatable bonds is 4. The molecule has 106 valence electrons. The fourth-order valence-corrected chi connectivity index (χ4v) is 3.14. The highest BCUT2D eigenvalue weighted by molar-refractivity contribution is 5.40. The van der Waals surface area contributed by atoms with Crippen LogP contribution in [-0.4, -0.2) is 16.3 Å². The van der Waals surface area contributed by atoms with Gasteiger partial charge in [-0.15, -0.1) is 0 Å². The monoisotopic (exact) mass is 263 g/mol. The molecule has 1 aromatic carbocycles. The maximum atomic E-state index is 9.50. The summed E-state index contributed by atoms with van der Waals surface area (Å²) in [4.78, 5) is 0. The van der Waals surface area contributed by atoms with E-state index in [4.69, 9.17) is 0 Å². The molecular weight excluding hydrogens is 238 g/mol. The molecule has 0 aromatic heterocycles. The lowest BCUT2D eigenvalue weighted by molar-refractivity contribution is 0.204. The van der Waals surface area contributed by atoms with Gasteiger partial charge in [-0.1, -0.05) is 32.8 Å². The topological polar surface area (TPSA) is 52.5 Å². The van der Waals surface area contributed by atoms with Crippen LogP contribution in [0.4, 0.5) is 0 Å². The van der Waals surface area contributed by atoms with Gasteiger partial charge in [0.15, 0.2) is 11.5 Å². The highest BCUT2D eigenvalue weighted by Crippen LogP contribution is 2.31. The van der Waals surface area contributed by atoms with Gasteiger partial charge in [-0.05, 0) is 42.4 Å². The molecule has 2 rings (SSSR count). The Balaban J connectivity index is 1.94. The van der Waals surface area contributed by atoms with Crippen LogP contribution in [0.15, 0.2) is 18.2 Å². The van der Waals surface area contributed by atoms with E-state index in [0.29, 0.717) is 12.0 Å². The Kier molecular flexibility index (Phi) is 4.70. The number of hydrogen-bond donors (Lipinski definition) is 3. The molecule has 1 aliphatic rings. The predicted molar refractivity (Wildman–Crippen MR) is 77.2 cm³/mol. The summed E-state index contributed by atoms with van der Waals surface area (Å²) in [6.45, 7) is 5.36. The summed E-state index contributed by atoms with van der Waals surface area (Å²) in [5.74, 6) is 1.37. The fourth-order valence-electron chi connectivity index (χ4n) is 3.14. The van der Waals surface area contributed by atoms with Gasteiger partial charge in [-0.25, -0.2) is 0 Å². The van der Waals surface area contributed by atoms with Crippen molar-refractivity contribution >= 4 is 0 Å². The van der Waals surface area contributed by atoms with Crippen molar-refractivity contribution in [3.63, 3.8) is 0 Å². The normalized spacial score (nSPS) is 23.7. The van der Waals surface area contributed by atoms with Crippen LogP contribution in [0.5, 0.6) is 11.5 Å². The Morgan fingerprint density at radius 2 is 1.89 bits per heavy atom. The Hall–Kier alpha value is -1.22. The molecular formula is C16H25NO2. The third kappa shape index (κ3) is 3.63. The van der Waals surface area contributed by atoms with Crippen molar-refractivity contribution < 1.29 is 10.2 Å².